The van der Waals surface area contributed by atoms with Gasteiger partial charge in [0.15, 0.2) is 0 Å². The van der Waals surface area contributed by atoms with Crippen LogP contribution in [0.3, 0.4) is 0 Å². The zero-order valence-corrected chi connectivity index (χ0v) is 16.2. The fourth-order valence-corrected chi connectivity index (χ4v) is 4.29. The van der Waals surface area contributed by atoms with Crippen LogP contribution >= 0.6 is 0 Å². The van der Waals surface area contributed by atoms with Crippen molar-refractivity contribution in [1.29, 1.82) is 0 Å². The van der Waals surface area contributed by atoms with E-state index in [1.807, 2.05) is 33.8 Å². The van der Waals surface area contributed by atoms with Crippen molar-refractivity contribution in [1.82, 2.24) is 15.2 Å². The molecule has 4 rings (SSSR count). The van der Waals surface area contributed by atoms with E-state index >= 15 is 0 Å². The molecule has 0 radical (unpaired) electrons. The van der Waals surface area contributed by atoms with Gasteiger partial charge in [-0.1, -0.05) is 0 Å². The summed E-state index contributed by atoms with van der Waals surface area (Å²) in [6.07, 6.45) is 4.85. The third-order valence-electron chi connectivity index (χ3n) is 5.76. The van der Waals surface area contributed by atoms with Crippen molar-refractivity contribution in [2.75, 3.05) is 19.6 Å². The fraction of sp³-hybridized carbons (Fsp3) is 0.700. The Bertz CT molecular complexity index is 701. The minimum Gasteiger partial charge on any atom is -0.490 e. The molecule has 6 nitrogen and oxygen atoms in total. The number of amides is 1. The van der Waals surface area contributed by atoms with Crippen molar-refractivity contribution in [2.45, 2.75) is 64.7 Å². The highest BCUT2D eigenvalue weighted by Crippen LogP contribution is 2.46. The molecule has 3 heterocycles. The van der Waals surface area contributed by atoms with Gasteiger partial charge in [-0.3, -0.25) is 9.88 Å². The van der Waals surface area contributed by atoms with Gasteiger partial charge in [-0.05, 0) is 53.0 Å². The first-order valence-electron chi connectivity index (χ1n) is 9.61. The summed E-state index contributed by atoms with van der Waals surface area (Å²) in [6.45, 7) is 10.6. The number of hydrogen-bond acceptors (Lipinski definition) is 5. The van der Waals surface area contributed by atoms with Crippen LogP contribution in [-0.4, -0.2) is 47.3 Å². The maximum atomic E-state index is 12.5. The summed E-state index contributed by atoms with van der Waals surface area (Å²) in [5, 5.41) is 3.36. The van der Waals surface area contributed by atoms with E-state index in [-0.39, 0.29) is 12.1 Å². The lowest BCUT2D eigenvalue weighted by Crippen LogP contribution is -2.62. The number of ether oxygens (including phenoxy) is 2. The number of rotatable bonds is 2. The Morgan fingerprint density at radius 2 is 2.08 bits per heavy atom. The predicted octanol–water partition coefficient (Wildman–Crippen LogP) is 3.07. The zero-order chi connectivity index (χ0) is 18.5. The summed E-state index contributed by atoms with van der Waals surface area (Å²) in [4.78, 5) is 18.8. The minimum atomic E-state index is -0.494. The van der Waals surface area contributed by atoms with Crippen LogP contribution in [0.15, 0.2) is 12.3 Å². The third kappa shape index (κ3) is 3.15. The molecule has 1 aromatic heterocycles. The monoisotopic (exact) mass is 359 g/mol. The van der Waals surface area contributed by atoms with Crippen LogP contribution in [-0.2, 0) is 11.2 Å². The van der Waals surface area contributed by atoms with Gasteiger partial charge in [-0.15, -0.1) is 0 Å². The molecular weight excluding hydrogens is 330 g/mol. The molecule has 1 aromatic rings. The number of aromatic nitrogens is 1. The first-order valence-corrected chi connectivity index (χ1v) is 9.61. The van der Waals surface area contributed by atoms with Crippen molar-refractivity contribution in [2.24, 2.45) is 5.41 Å². The number of pyridine rings is 1. The predicted molar refractivity (Wildman–Crippen MR) is 98.2 cm³/mol. The molecule has 1 aliphatic carbocycles. The molecule has 1 N–H and O–H groups in total. The molecule has 1 saturated heterocycles. The van der Waals surface area contributed by atoms with Crippen LogP contribution in [0, 0.1) is 5.41 Å². The van der Waals surface area contributed by atoms with Crippen molar-refractivity contribution >= 4 is 6.09 Å². The lowest BCUT2D eigenvalue weighted by Gasteiger charge is -2.53. The Morgan fingerprint density at radius 3 is 2.69 bits per heavy atom. The van der Waals surface area contributed by atoms with E-state index in [1.165, 1.54) is 0 Å². The maximum absolute atomic E-state index is 12.5. The quantitative estimate of drug-likeness (QED) is 0.879. The summed E-state index contributed by atoms with van der Waals surface area (Å²) in [6, 6.07) is 1.86. The molecule has 1 atom stereocenters. The normalized spacial score (nSPS) is 24.5. The Kier molecular flexibility index (Phi) is 4.14. The first kappa shape index (κ1) is 17.6. The highest BCUT2D eigenvalue weighted by atomic mass is 16.6. The molecule has 1 amide bonds. The number of nitrogens with one attached hydrogen (secondary N) is 1. The van der Waals surface area contributed by atoms with Gasteiger partial charge in [0, 0.05) is 36.8 Å². The van der Waals surface area contributed by atoms with Gasteiger partial charge in [-0.25, -0.2) is 4.79 Å². The Labute approximate surface area is 155 Å². The van der Waals surface area contributed by atoms with Gasteiger partial charge in [0.25, 0.3) is 0 Å². The van der Waals surface area contributed by atoms with Gasteiger partial charge in [0.2, 0.25) is 0 Å². The summed E-state index contributed by atoms with van der Waals surface area (Å²) < 4.78 is 11.8. The fourth-order valence-electron chi connectivity index (χ4n) is 4.29. The van der Waals surface area contributed by atoms with E-state index in [4.69, 9.17) is 9.47 Å². The number of hydrogen-bond donors (Lipinski definition) is 1. The molecule has 2 fully saturated rings. The van der Waals surface area contributed by atoms with Crippen molar-refractivity contribution in [3.63, 3.8) is 0 Å². The van der Waals surface area contributed by atoms with Crippen LogP contribution in [0.25, 0.3) is 0 Å². The Hall–Kier alpha value is -1.82. The van der Waals surface area contributed by atoms with Crippen LogP contribution in [0.1, 0.15) is 57.8 Å². The first-order chi connectivity index (χ1) is 12.3. The second-order valence-corrected chi connectivity index (χ2v) is 9.02. The van der Waals surface area contributed by atoms with Gasteiger partial charge in [0.05, 0.1) is 17.8 Å². The van der Waals surface area contributed by atoms with E-state index in [9.17, 15) is 4.79 Å². The van der Waals surface area contributed by atoms with E-state index in [0.717, 1.165) is 49.4 Å². The van der Waals surface area contributed by atoms with Crippen molar-refractivity contribution < 1.29 is 14.3 Å². The minimum absolute atomic E-state index is 0.110. The van der Waals surface area contributed by atoms with Gasteiger partial charge >= 0.3 is 6.09 Å². The van der Waals surface area contributed by atoms with Gasteiger partial charge in [0.1, 0.15) is 11.4 Å². The van der Waals surface area contributed by atoms with Crippen LogP contribution < -0.4 is 10.1 Å². The second-order valence-electron chi connectivity index (χ2n) is 9.02. The summed E-state index contributed by atoms with van der Waals surface area (Å²) in [5.41, 5.74) is 2.08. The van der Waals surface area contributed by atoms with E-state index in [2.05, 4.69) is 10.3 Å². The highest BCUT2D eigenvalue weighted by Gasteiger charge is 2.49. The second kappa shape index (κ2) is 6.12. The molecule has 1 unspecified atom stereocenters. The molecule has 1 spiro atoms. The molecule has 1 saturated carbocycles. The summed E-state index contributed by atoms with van der Waals surface area (Å²) in [7, 11) is 0. The standard InChI is InChI=1S/C20H29N3O3/c1-13-17-15(6-8-23(13)18(24)26-19(2,3)4)16(5-7-22-17)25-14-9-20(10-14)11-21-12-20/h5,7,13-14,21H,6,8-12H2,1-4H3. The Balaban J connectivity index is 1.46. The SMILES string of the molecule is CC1c2nccc(OC3CC4(CNC4)C3)c2CCN1C(=O)OC(C)(C)C. The average molecular weight is 359 g/mol. The van der Waals surface area contributed by atoms with E-state index in [1.54, 1.807) is 11.1 Å². The lowest BCUT2D eigenvalue weighted by atomic mass is 9.63. The Morgan fingerprint density at radius 1 is 1.35 bits per heavy atom. The molecule has 142 valence electrons. The van der Waals surface area contributed by atoms with Crippen molar-refractivity contribution in [3.05, 3.63) is 23.5 Å². The van der Waals surface area contributed by atoms with Gasteiger partial charge in [-0.2, -0.15) is 0 Å². The molecule has 3 aliphatic rings. The molecule has 0 aromatic carbocycles. The smallest absolute Gasteiger partial charge is 0.410 e. The largest absolute Gasteiger partial charge is 0.490 e. The molecule has 0 bridgehead atoms. The summed E-state index contributed by atoms with van der Waals surface area (Å²) >= 11 is 0. The number of nitrogens with zero attached hydrogens (tertiary/aromatic N) is 2. The number of carbonyl (C=O) groups is 1. The van der Waals surface area contributed by atoms with Crippen LogP contribution in [0.2, 0.25) is 0 Å². The lowest BCUT2D eigenvalue weighted by molar-refractivity contribution is -0.0502. The van der Waals surface area contributed by atoms with Crippen LogP contribution in [0.5, 0.6) is 5.75 Å². The molecule has 2 aliphatic heterocycles. The molecular formula is C20H29N3O3. The third-order valence-corrected chi connectivity index (χ3v) is 5.76. The number of fused-ring (bicyclic) bond motifs is 1. The highest BCUT2D eigenvalue weighted by molar-refractivity contribution is 5.69. The average Bonchev–Trinajstić information content (AvgIpc) is 2.47. The zero-order valence-electron chi connectivity index (χ0n) is 16.2. The van der Waals surface area contributed by atoms with E-state index < -0.39 is 5.60 Å². The molecule has 26 heavy (non-hydrogen) atoms. The molecule has 6 heteroatoms. The van der Waals surface area contributed by atoms with E-state index in [0.29, 0.717) is 18.1 Å². The maximum Gasteiger partial charge on any atom is 0.410 e. The number of carbonyl (C=O) groups excluding carboxylic acids is 1. The topological polar surface area (TPSA) is 63.7 Å². The summed E-state index contributed by atoms with van der Waals surface area (Å²) in [5.74, 6) is 0.942. The van der Waals surface area contributed by atoms with Crippen molar-refractivity contribution in [3.8, 4) is 5.75 Å². The van der Waals surface area contributed by atoms with Crippen LogP contribution in [0.4, 0.5) is 4.79 Å². The van der Waals surface area contributed by atoms with Gasteiger partial charge < -0.3 is 14.8 Å².